The third-order valence-electron chi connectivity index (χ3n) is 4.40. The summed E-state index contributed by atoms with van der Waals surface area (Å²) in [6, 6.07) is 7.23. The van der Waals surface area contributed by atoms with Gasteiger partial charge in [0.15, 0.2) is 0 Å². The molecular weight excluding hydrogens is 270 g/mol. The van der Waals surface area contributed by atoms with Crippen LogP contribution < -0.4 is 0 Å². The molecule has 0 radical (unpaired) electrons. The summed E-state index contributed by atoms with van der Waals surface area (Å²) >= 11 is 0. The number of nitrogens with zero attached hydrogens (tertiary/aromatic N) is 1. The summed E-state index contributed by atoms with van der Waals surface area (Å²) in [5, 5.41) is 1.64. The zero-order valence-electron chi connectivity index (χ0n) is 14.4. The molecule has 0 fully saturated rings. The van der Waals surface area contributed by atoms with Crippen molar-refractivity contribution in [2.24, 2.45) is 0 Å². The topological polar surface area (TPSA) is 3.24 Å². The lowest BCUT2D eigenvalue weighted by molar-refractivity contribution is 0.383. The van der Waals surface area contributed by atoms with Crippen LogP contribution in [0, 0.1) is 13.8 Å². The molecule has 0 bridgehead atoms. The first-order valence-electron chi connectivity index (χ1n) is 8.16. The summed E-state index contributed by atoms with van der Waals surface area (Å²) in [4.78, 5) is 2.40. The summed E-state index contributed by atoms with van der Waals surface area (Å²) < 4.78 is 0. The zero-order chi connectivity index (χ0) is 15.6. The first kappa shape index (κ1) is 16.1. The van der Waals surface area contributed by atoms with E-state index in [0.29, 0.717) is 6.04 Å². The number of aryl methyl sites for hydroxylation is 2. The van der Waals surface area contributed by atoms with E-state index in [1.165, 1.54) is 29.5 Å². The molecule has 0 N–H and O–H groups in total. The van der Waals surface area contributed by atoms with Gasteiger partial charge in [-0.3, -0.25) is 0 Å². The van der Waals surface area contributed by atoms with Crippen molar-refractivity contribution in [3.8, 4) is 0 Å². The van der Waals surface area contributed by atoms with Crippen LogP contribution in [0.3, 0.4) is 0 Å². The van der Waals surface area contributed by atoms with Gasteiger partial charge in [0.05, 0.1) is 14.8 Å². The molecule has 114 valence electrons. The lowest BCUT2D eigenvalue weighted by atomic mass is 9.94. The Morgan fingerprint density at radius 3 is 2.48 bits per heavy atom. The third kappa shape index (κ3) is 3.49. The van der Waals surface area contributed by atoms with Crippen molar-refractivity contribution in [1.82, 2.24) is 4.90 Å². The van der Waals surface area contributed by atoms with Crippen LogP contribution in [-0.2, 0) is 0 Å². The fourth-order valence-electron chi connectivity index (χ4n) is 3.27. The van der Waals surface area contributed by atoms with Gasteiger partial charge in [0.1, 0.15) is 0 Å². The van der Waals surface area contributed by atoms with E-state index in [4.69, 9.17) is 0 Å². The van der Waals surface area contributed by atoms with Crippen molar-refractivity contribution in [1.29, 1.82) is 0 Å². The number of benzene rings is 1. The second-order valence-electron chi connectivity index (χ2n) is 6.65. The van der Waals surface area contributed by atoms with Gasteiger partial charge in [-0.05, 0) is 48.4 Å². The van der Waals surface area contributed by atoms with Crippen LogP contribution in [0.4, 0.5) is 0 Å². The molecule has 0 saturated heterocycles. The first-order chi connectivity index (χ1) is 9.93. The number of hydrogen-bond acceptors (Lipinski definition) is 1. The van der Waals surface area contributed by atoms with Crippen molar-refractivity contribution in [2.45, 2.75) is 52.7 Å². The molecule has 1 aliphatic rings. The number of allylic oxidation sites excluding steroid dienone is 2. The van der Waals surface area contributed by atoms with Gasteiger partial charge in [0.2, 0.25) is 0 Å². The van der Waals surface area contributed by atoms with Gasteiger partial charge in [-0.2, -0.15) is 0 Å². The summed E-state index contributed by atoms with van der Waals surface area (Å²) in [5.41, 5.74) is 5.79. The molecule has 1 heterocycles. The minimum Gasteiger partial charge on any atom is -0.370 e. The number of likely N-dealkylation sites (N-methyl/N-ethyl adjacent to an activating group) is 1. The van der Waals surface area contributed by atoms with E-state index in [-0.39, 0.29) is 0 Å². The zero-order valence-corrected chi connectivity index (χ0v) is 15.6. The van der Waals surface area contributed by atoms with Gasteiger partial charge in [-0.1, -0.05) is 56.3 Å². The second-order valence-corrected chi connectivity index (χ2v) is 9.58. The molecule has 1 aromatic carbocycles. The van der Waals surface area contributed by atoms with Gasteiger partial charge >= 0.3 is 0 Å². The molecule has 21 heavy (non-hydrogen) atoms. The molecule has 1 unspecified atom stereocenters. The molecule has 2 rings (SSSR count). The van der Waals surface area contributed by atoms with Crippen molar-refractivity contribution < 1.29 is 0 Å². The molecule has 0 saturated carbocycles. The monoisotopic (exact) mass is 299 g/mol. The standard InChI is InChI=1S/C19H29NSi/c1-7-8-16-12-18(20(4)13-19(16)21(5)6)17-10-9-14(2)11-15(17)3/h9-13,18,21H,7-8H2,1-6H3. The van der Waals surface area contributed by atoms with Crippen molar-refractivity contribution in [3.63, 3.8) is 0 Å². The Morgan fingerprint density at radius 1 is 1.19 bits per heavy atom. The maximum Gasteiger partial charge on any atom is 0.0726 e. The summed E-state index contributed by atoms with van der Waals surface area (Å²) in [6.07, 6.45) is 7.38. The predicted molar refractivity (Wildman–Crippen MR) is 96.4 cm³/mol. The van der Waals surface area contributed by atoms with Crippen molar-refractivity contribution in [3.05, 3.63) is 57.9 Å². The molecule has 0 amide bonds. The van der Waals surface area contributed by atoms with Gasteiger partial charge in [-0.25, -0.2) is 0 Å². The Balaban J connectivity index is 2.41. The smallest absolute Gasteiger partial charge is 0.0726 e. The molecule has 1 aliphatic heterocycles. The van der Waals surface area contributed by atoms with E-state index >= 15 is 0 Å². The van der Waals surface area contributed by atoms with Gasteiger partial charge < -0.3 is 4.90 Å². The first-order valence-corrected chi connectivity index (χ1v) is 11.0. The highest BCUT2D eigenvalue weighted by Gasteiger charge is 2.23. The van der Waals surface area contributed by atoms with Gasteiger partial charge in [0, 0.05) is 7.05 Å². The molecular formula is C19H29NSi. The van der Waals surface area contributed by atoms with Crippen LogP contribution in [0.5, 0.6) is 0 Å². The van der Waals surface area contributed by atoms with Crippen LogP contribution in [0.15, 0.2) is 41.2 Å². The maximum atomic E-state index is 2.52. The van der Waals surface area contributed by atoms with Crippen LogP contribution in [0.25, 0.3) is 0 Å². The highest BCUT2D eigenvalue weighted by molar-refractivity contribution is 6.65. The average Bonchev–Trinajstić information content (AvgIpc) is 2.41. The molecule has 0 aliphatic carbocycles. The maximum absolute atomic E-state index is 2.52. The minimum absolute atomic E-state index is 0.392. The highest BCUT2D eigenvalue weighted by atomic mass is 28.3. The van der Waals surface area contributed by atoms with Crippen molar-refractivity contribution in [2.75, 3.05) is 7.05 Å². The molecule has 2 heteroatoms. The van der Waals surface area contributed by atoms with E-state index in [1.54, 1.807) is 10.8 Å². The number of hydrogen-bond donors (Lipinski definition) is 0. The SMILES string of the molecule is CCCC1=CC(c2ccc(C)cc2C)N(C)C=C1[SiH](C)C. The van der Waals surface area contributed by atoms with E-state index in [0.717, 1.165) is 0 Å². The summed E-state index contributed by atoms with van der Waals surface area (Å²) in [6.45, 7) is 11.5. The highest BCUT2D eigenvalue weighted by Crippen LogP contribution is 2.34. The fourth-order valence-corrected chi connectivity index (χ4v) is 4.79. The average molecular weight is 300 g/mol. The molecule has 1 nitrogen and oxygen atoms in total. The van der Waals surface area contributed by atoms with Gasteiger partial charge in [0.25, 0.3) is 0 Å². The fraction of sp³-hybridized carbons (Fsp3) is 0.474. The predicted octanol–water partition coefficient (Wildman–Crippen LogP) is 4.93. The van der Waals surface area contributed by atoms with E-state index in [2.05, 4.69) is 76.3 Å². The Hall–Kier alpha value is -1.28. The van der Waals surface area contributed by atoms with E-state index in [9.17, 15) is 0 Å². The Kier molecular flexibility index (Phi) is 5.10. The Labute approximate surface area is 132 Å². The molecule has 0 spiro atoms. The molecule has 1 aromatic rings. The summed E-state index contributed by atoms with van der Waals surface area (Å²) in [7, 11) is 1.45. The normalized spacial score (nSPS) is 18.8. The van der Waals surface area contributed by atoms with Crippen LogP contribution in [-0.4, -0.2) is 20.7 Å². The molecule has 0 aromatic heterocycles. The van der Waals surface area contributed by atoms with Crippen LogP contribution in [0.2, 0.25) is 13.1 Å². The third-order valence-corrected chi connectivity index (χ3v) is 6.16. The Bertz CT molecular complexity index is 569. The molecule has 1 atom stereocenters. The lowest BCUT2D eigenvalue weighted by Gasteiger charge is -2.34. The summed E-state index contributed by atoms with van der Waals surface area (Å²) in [5.74, 6) is 0. The quantitative estimate of drug-likeness (QED) is 0.713. The minimum atomic E-state index is -0.770. The van der Waals surface area contributed by atoms with Gasteiger partial charge in [-0.15, -0.1) is 0 Å². The number of rotatable bonds is 4. The second kappa shape index (κ2) is 6.65. The van der Waals surface area contributed by atoms with Crippen LogP contribution >= 0.6 is 0 Å². The van der Waals surface area contributed by atoms with Crippen molar-refractivity contribution >= 4 is 8.80 Å². The Morgan fingerprint density at radius 2 is 1.90 bits per heavy atom. The van der Waals surface area contributed by atoms with Crippen LogP contribution in [0.1, 0.15) is 42.5 Å². The van der Waals surface area contributed by atoms with E-state index < -0.39 is 8.80 Å². The largest absolute Gasteiger partial charge is 0.370 e. The van der Waals surface area contributed by atoms with E-state index in [1.807, 2.05) is 0 Å². The lowest BCUT2D eigenvalue weighted by Crippen LogP contribution is -2.26.